The molecule has 56 valence electrons. The molecule has 2 N–H and O–H groups in total. The summed E-state index contributed by atoms with van der Waals surface area (Å²) in [6, 6.07) is 1.99. The summed E-state index contributed by atoms with van der Waals surface area (Å²) < 4.78 is 0. The van der Waals surface area contributed by atoms with Crippen LogP contribution in [0.1, 0.15) is 9.75 Å². The molecule has 0 saturated heterocycles. The molecule has 0 aromatic carbocycles. The molecule has 1 heterocycles. The van der Waals surface area contributed by atoms with E-state index < -0.39 is 0 Å². The van der Waals surface area contributed by atoms with Crippen molar-refractivity contribution in [3.8, 4) is 0 Å². The van der Waals surface area contributed by atoms with Gasteiger partial charge in [-0.25, -0.2) is 0 Å². The summed E-state index contributed by atoms with van der Waals surface area (Å²) in [7, 11) is 0. The van der Waals surface area contributed by atoms with Crippen molar-refractivity contribution in [3.05, 3.63) is 20.8 Å². The van der Waals surface area contributed by atoms with E-state index in [0.29, 0.717) is 6.54 Å². The fraction of sp³-hybridized carbons (Fsp3) is 0.429. The number of hydrogen-bond donors (Lipinski definition) is 1. The van der Waals surface area contributed by atoms with Crippen LogP contribution < -0.4 is 5.73 Å². The van der Waals surface area contributed by atoms with Crippen molar-refractivity contribution >= 4 is 22.9 Å². The molecule has 0 fully saturated rings. The van der Waals surface area contributed by atoms with Crippen LogP contribution in [-0.4, -0.2) is 6.54 Å². The zero-order chi connectivity index (χ0) is 7.56. The van der Waals surface area contributed by atoms with Crippen LogP contribution in [-0.2, 0) is 6.42 Å². The molecule has 1 aromatic heterocycles. The van der Waals surface area contributed by atoms with Crippen LogP contribution in [0.3, 0.4) is 0 Å². The summed E-state index contributed by atoms with van der Waals surface area (Å²) >= 11 is 7.56. The molecule has 0 radical (unpaired) electrons. The molecule has 0 atom stereocenters. The third-order valence-corrected chi connectivity index (χ3v) is 2.91. The molecule has 0 unspecified atom stereocenters. The lowest BCUT2D eigenvalue weighted by molar-refractivity contribution is 0.989. The van der Waals surface area contributed by atoms with Gasteiger partial charge in [0, 0.05) is 9.75 Å². The molecule has 1 aromatic rings. The summed E-state index contributed by atoms with van der Waals surface area (Å²) in [6.07, 6.45) is 0.943. The Balaban J connectivity index is 2.77. The summed E-state index contributed by atoms with van der Waals surface area (Å²) in [4.78, 5) is 2.47. The van der Waals surface area contributed by atoms with Gasteiger partial charge in [-0.05, 0) is 26.0 Å². The molecule has 0 saturated carbocycles. The van der Waals surface area contributed by atoms with Crippen LogP contribution in [0.25, 0.3) is 0 Å². The smallest absolute Gasteiger partial charge is 0.0545 e. The highest BCUT2D eigenvalue weighted by Crippen LogP contribution is 2.25. The van der Waals surface area contributed by atoms with Crippen molar-refractivity contribution in [2.24, 2.45) is 5.73 Å². The zero-order valence-electron chi connectivity index (χ0n) is 5.86. The van der Waals surface area contributed by atoms with E-state index in [9.17, 15) is 0 Å². The molecule has 10 heavy (non-hydrogen) atoms. The van der Waals surface area contributed by atoms with E-state index in [0.717, 1.165) is 11.4 Å². The van der Waals surface area contributed by atoms with Crippen molar-refractivity contribution in [1.29, 1.82) is 0 Å². The molecular weight excluding hydrogens is 166 g/mol. The van der Waals surface area contributed by atoms with Gasteiger partial charge in [-0.2, -0.15) is 0 Å². The van der Waals surface area contributed by atoms with Crippen molar-refractivity contribution in [2.75, 3.05) is 6.54 Å². The van der Waals surface area contributed by atoms with Crippen LogP contribution in [0.2, 0.25) is 5.02 Å². The molecular formula is C7H10ClNS. The fourth-order valence-corrected chi connectivity index (χ4v) is 2.04. The quantitative estimate of drug-likeness (QED) is 0.733. The maximum atomic E-state index is 5.83. The maximum Gasteiger partial charge on any atom is 0.0545 e. The molecule has 0 aliphatic carbocycles. The Labute approximate surface area is 69.8 Å². The third kappa shape index (κ3) is 1.72. The number of aryl methyl sites for hydroxylation is 1. The average Bonchev–Trinajstić information content (AvgIpc) is 2.14. The topological polar surface area (TPSA) is 26.0 Å². The molecule has 0 aliphatic heterocycles. The first kappa shape index (κ1) is 8.05. The highest BCUT2D eigenvalue weighted by atomic mass is 35.5. The lowest BCUT2D eigenvalue weighted by Crippen LogP contribution is -2.00. The highest BCUT2D eigenvalue weighted by Gasteiger charge is 2.00. The van der Waals surface area contributed by atoms with E-state index in [2.05, 4.69) is 0 Å². The largest absolute Gasteiger partial charge is 0.330 e. The minimum absolute atomic E-state index is 0.705. The number of hydrogen-bond acceptors (Lipinski definition) is 2. The lowest BCUT2D eigenvalue weighted by Gasteiger charge is -1.87. The summed E-state index contributed by atoms with van der Waals surface area (Å²) in [5.41, 5.74) is 5.38. The average molecular weight is 176 g/mol. The Morgan fingerprint density at radius 1 is 1.70 bits per heavy atom. The van der Waals surface area contributed by atoms with Gasteiger partial charge in [0.05, 0.1) is 5.02 Å². The predicted octanol–water partition coefficient (Wildman–Crippen LogP) is 2.21. The van der Waals surface area contributed by atoms with Crippen LogP contribution in [0.5, 0.6) is 0 Å². The first-order valence-electron chi connectivity index (χ1n) is 3.19. The zero-order valence-corrected chi connectivity index (χ0v) is 7.43. The van der Waals surface area contributed by atoms with Gasteiger partial charge in [0.1, 0.15) is 0 Å². The Morgan fingerprint density at radius 3 is 2.80 bits per heavy atom. The van der Waals surface area contributed by atoms with Gasteiger partial charge in [-0.1, -0.05) is 11.6 Å². The van der Waals surface area contributed by atoms with E-state index >= 15 is 0 Å². The number of nitrogens with two attached hydrogens (primary N) is 1. The number of thiophene rings is 1. The van der Waals surface area contributed by atoms with Crippen molar-refractivity contribution in [1.82, 2.24) is 0 Å². The van der Waals surface area contributed by atoms with E-state index in [1.165, 1.54) is 9.75 Å². The van der Waals surface area contributed by atoms with Gasteiger partial charge in [0.25, 0.3) is 0 Å². The monoisotopic (exact) mass is 175 g/mol. The summed E-state index contributed by atoms with van der Waals surface area (Å²) in [5.74, 6) is 0. The Morgan fingerprint density at radius 2 is 2.40 bits per heavy atom. The molecule has 0 bridgehead atoms. The minimum Gasteiger partial charge on any atom is -0.330 e. The predicted molar refractivity (Wildman–Crippen MR) is 46.8 cm³/mol. The van der Waals surface area contributed by atoms with Crippen molar-refractivity contribution < 1.29 is 0 Å². The second-order valence-corrected chi connectivity index (χ2v) is 3.90. The van der Waals surface area contributed by atoms with Crippen molar-refractivity contribution in [3.63, 3.8) is 0 Å². The maximum absolute atomic E-state index is 5.83. The van der Waals surface area contributed by atoms with Crippen LogP contribution in [0, 0.1) is 6.92 Å². The Bertz CT molecular complexity index is 200. The Hall–Kier alpha value is -0.0500. The molecule has 0 amide bonds. The number of halogens is 1. The van der Waals surface area contributed by atoms with Crippen LogP contribution >= 0.6 is 22.9 Å². The van der Waals surface area contributed by atoms with E-state index in [4.69, 9.17) is 17.3 Å². The molecule has 1 rings (SSSR count). The number of rotatable bonds is 2. The van der Waals surface area contributed by atoms with Gasteiger partial charge in [-0.3, -0.25) is 0 Å². The molecule has 1 nitrogen and oxygen atoms in total. The van der Waals surface area contributed by atoms with Gasteiger partial charge in [0.15, 0.2) is 0 Å². The van der Waals surface area contributed by atoms with Crippen LogP contribution in [0.4, 0.5) is 0 Å². The normalized spacial score (nSPS) is 10.3. The summed E-state index contributed by atoms with van der Waals surface area (Å²) in [5, 5.41) is 0.869. The first-order chi connectivity index (χ1) is 4.74. The highest BCUT2D eigenvalue weighted by molar-refractivity contribution is 7.12. The van der Waals surface area contributed by atoms with Crippen molar-refractivity contribution in [2.45, 2.75) is 13.3 Å². The van der Waals surface area contributed by atoms with Gasteiger partial charge in [-0.15, -0.1) is 11.3 Å². The van der Waals surface area contributed by atoms with Gasteiger partial charge in [0.2, 0.25) is 0 Å². The van der Waals surface area contributed by atoms with E-state index in [1.807, 2.05) is 13.0 Å². The molecule has 0 spiro atoms. The van der Waals surface area contributed by atoms with E-state index in [1.54, 1.807) is 11.3 Å². The molecule has 0 aliphatic rings. The van der Waals surface area contributed by atoms with Gasteiger partial charge >= 0.3 is 0 Å². The Kier molecular flexibility index (Phi) is 2.72. The standard InChI is InChI=1S/C7H10ClNS/c1-5-7(8)4-6(10-5)2-3-9/h4H,2-3,9H2,1H3. The fourth-order valence-electron chi connectivity index (χ4n) is 0.783. The SMILES string of the molecule is Cc1sc(CCN)cc1Cl. The van der Waals surface area contributed by atoms with Gasteiger partial charge < -0.3 is 5.73 Å². The second kappa shape index (κ2) is 3.37. The lowest BCUT2D eigenvalue weighted by atomic mass is 10.3. The summed E-state index contributed by atoms with van der Waals surface area (Å²) in [6.45, 7) is 2.73. The molecule has 3 heteroatoms. The minimum atomic E-state index is 0.705. The third-order valence-electron chi connectivity index (χ3n) is 1.30. The first-order valence-corrected chi connectivity index (χ1v) is 4.38. The van der Waals surface area contributed by atoms with E-state index in [-0.39, 0.29) is 0 Å². The second-order valence-electron chi connectivity index (χ2n) is 2.16. The van der Waals surface area contributed by atoms with Crippen LogP contribution in [0.15, 0.2) is 6.07 Å².